The van der Waals surface area contributed by atoms with Crippen LogP contribution < -0.4 is 0 Å². The molecule has 2 heterocycles. The molecule has 2 aromatic rings. The largest absolute Gasteiger partial charge is 0.268 e. The summed E-state index contributed by atoms with van der Waals surface area (Å²) in [5, 5.41) is 4.93. The van der Waals surface area contributed by atoms with Gasteiger partial charge in [-0.05, 0) is 29.0 Å². The summed E-state index contributed by atoms with van der Waals surface area (Å²) in [6.07, 6.45) is 8.09. The van der Waals surface area contributed by atoms with E-state index in [1.807, 2.05) is 23.0 Å². The third-order valence-corrected chi connectivity index (χ3v) is 3.68. The smallest absolute Gasteiger partial charge is 0.129 e. The minimum atomic E-state index is 0.329. The summed E-state index contributed by atoms with van der Waals surface area (Å²) in [6, 6.07) is 3.79. The van der Waals surface area contributed by atoms with Gasteiger partial charge in [0, 0.05) is 12.4 Å². The van der Waals surface area contributed by atoms with Crippen molar-refractivity contribution < 1.29 is 0 Å². The number of aromatic nitrogens is 3. The van der Waals surface area contributed by atoms with Crippen LogP contribution in [0, 0.1) is 5.41 Å². The molecular formula is C15H20ClN3. The van der Waals surface area contributed by atoms with E-state index >= 15 is 0 Å². The van der Waals surface area contributed by atoms with Crippen molar-refractivity contribution in [1.82, 2.24) is 14.8 Å². The van der Waals surface area contributed by atoms with Gasteiger partial charge in [0.1, 0.15) is 5.15 Å². The van der Waals surface area contributed by atoms with Crippen LogP contribution in [0.1, 0.15) is 38.3 Å². The van der Waals surface area contributed by atoms with Crippen molar-refractivity contribution in [1.29, 1.82) is 0 Å². The first-order chi connectivity index (χ1) is 8.98. The van der Waals surface area contributed by atoms with Crippen molar-refractivity contribution in [2.24, 2.45) is 5.41 Å². The third-order valence-electron chi connectivity index (χ3n) is 3.46. The second kappa shape index (κ2) is 5.74. The molecular weight excluding hydrogens is 258 g/mol. The van der Waals surface area contributed by atoms with Gasteiger partial charge in [-0.2, -0.15) is 5.10 Å². The lowest BCUT2D eigenvalue weighted by Gasteiger charge is -2.21. The lowest BCUT2D eigenvalue weighted by molar-refractivity contribution is 0.349. The highest BCUT2D eigenvalue weighted by atomic mass is 35.5. The van der Waals surface area contributed by atoms with Gasteiger partial charge in [-0.15, -0.1) is 0 Å². The Labute approximate surface area is 119 Å². The Morgan fingerprint density at radius 3 is 2.63 bits per heavy atom. The number of rotatable bonds is 5. The van der Waals surface area contributed by atoms with Crippen LogP contribution in [0.15, 0.2) is 30.7 Å². The molecule has 0 bridgehead atoms. The molecule has 0 spiro atoms. The second-order valence-corrected chi connectivity index (χ2v) is 6.12. The number of halogens is 1. The normalized spacial score (nSPS) is 11.8. The van der Waals surface area contributed by atoms with Gasteiger partial charge >= 0.3 is 0 Å². The Bertz CT molecular complexity index is 529. The SMILES string of the molecule is CCC(C)(C)Cc1cnn(Cc2ccc(Cl)nc2)c1. The van der Waals surface area contributed by atoms with Gasteiger partial charge < -0.3 is 0 Å². The summed E-state index contributed by atoms with van der Waals surface area (Å²) < 4.78 is 1.95. The first-order valence-electron chi connectivity index (χ1n) is 6.60. The second-order valence-electron chi connectivity index (χ2n) is 5.73. The summed E-state index contributed by atoms with van der Waals surface area (Å²) >= 11 is 5.77. The zero-order valence-electron chi connectivity index (χ0n) is 11.7. The van der Waals surface area contributed by atoms with Gasteiger partial charge in [0.25, 0.3) is 0 Å². The molecule has 0 fully saturated rings. The van der Waals surface area contributed by atoms with E-state index in [0.717, 1.165) is 18.5 Å². The molecule has 2 rings (SSSR count). The van der Waals surface area contributed by atoms with Gasteiger partial charge in [0.15, 0.2) is 0 Å². The maximum atomic E-state index is 5.77. The molecule has 2 aromatic heterocycles. The highest BCUT2D eigenvalue weighted by Crippen LogP contribution is 2.25. The Morgan fingerprint density at radius 2 is 2.00 bits per heavy atom. The van der Waals surface area contributed by atoms with E-state index in [0.29, 0.717) is 10.6 Å². The Balaban J connectivity index is 2.03. The molecule has 0 aliphatic carbocycles. The fraction of sp³-hybridized carbons (Fsp3) is 0.467. The van der Waals surface area contributed by atoms with Crippen LogP contribution in [0.4, 0.5) is 0 Å². The zero-order chi connectivity index (χ0) is 13.9. The van der Waals surface area contributed by atoms with Crippen molar-refractivity contribution in [2.75, 3.05) is 0 Å². The van der Waals surface area contributed by atoms with E-state index in [4.69, 9.17) is 11.6 Å². The van der Waals surface area contributed by atoms with Crippen molar-refractivity contribution in [3.8, 4) is 0 Å². The highest BCUT2D eigenvalue weighted by molar-refractivity contribution is 6.29. The fourth-order valence-electron chi connectivity index (χ4n) is 1.95. The van der Waals surface area contributed by atoms with Crippen molar-refractivity contribution in [3.63, 3.8) is 0 Å². The van der Waals surface area contributed by atoms with Gasteiger partial charge in [0.05, 0.1) is 12.7 Å². The Kier molecular flexibility index (Phi) is 4.25. The maximum absolute atomic E-state index is 5.77. The molecule has 0 unspecified atom stereocenters. The highest BCUT2D eigenvalue weighted by Gasteiger charge is 2.16. The predicted molar refractivity (Wildman–Crippen MR) is 78.4 cm³/mol. The summed E-state index contributed by atoms with van der Waals surface area (Å²) in [6.45, 7) is 7.53. The van der Waals surface area contributed by atoms with E-state index in [-0.39, 0.29) is 0 Å². The fourth-order valence-corrected chi connectivity index (χ4v) is 2.06. The monoisotopic (exact) mass is 277 g/mol. The topological polar surface area (TPSA) is 30.7 Å². The first-order valence-corrected chi connectivity index (χ1v) is 6.98. The van der Waals surface area contributed by atoms with E-state index < -0.39 is 0 Å². The molecule has 0 saturated carbocycles. The van der Waals surface area contributed by atoms with Crippen LogP contribution in [0.3, 0.4) is 0 Å². The summed E-state index contributed by atoms with van der Waals surface area (Å²) in [4.78, 5) is 4.08. The molecule has 0 aliphatic rings. The summed E-state index contributed by atoms with van der Waals surface area (Å²) in [7, 11) is 0. The number of hydrogen-bond donors (Lipinski definition) is 0. The standard InChI is InChI=1S/C15H20ClN3/c1-4-15(2,3)7-13-9-18-19(11-13)10-12-5-6-14(16)17-8-12/h5-6,8-9,11H,4,7,10H2,1-3H3. The zero-order valence-corrected chi connectivity index (χ0v) is 12.5. The molecule has 102 valence electrons. The van der Waals surface area contributed by atoms with E-state index in [2.05, 4.69) is 37.1 Å². The van der Waals surface area contributed by atoms with E-state index in [1.165, 1.54) is 12.0 Å². The average molecular weight is 278 g/mol. The lowest BCUT2D eigenvalue weighted by Crippen LogP contribution is -2.12. The van der Waals surface area contributed by atoms with Crippen molar-refractivity contribution >= 4 is 11.6 Å². The van der Waals surface area contributed by atoms with Gasteiger partial charge in [-0.1, -0.05) is 44.9 Å². The molecule has 0 aliphatic heterocycles. The van der Waals surface area contributed by atoms with Crippen LogP contribution in [-0.2, 0) is 13.0 Å². The molecule has 4 heteroatoms. The quantitative estimate of drug-likeness (QED) is 0.775. The Morgan fingerprint density at radius 1 is 1.21 bits per heavy atom. The number of pyridine rings is 1. The van der Waals surface area contributed by atoms with Crippen LogP contribution in [0.5, 0.6) is 0 Å². The molecule has 0 N–H and O–H groups in total. The molecule has 0 saturated heterocycles. The molecule has 0 amide bonds. The third kappa shape index (κ3) is 4.06. The molecule has 0 radical (unpaired) electrons. The van der Waals surface area contributed by atoms with Gasteiger partial charge in [-0.25, -0.2) is 4.98 Å². The van der Waals surface area contributed by atoms with Crippen molar-refractivity contribution in [2.45, 2.75) is 40.2 Å². The first kappa shape index (κ1) is 14.1. The van der Waals surface area contributed by atoms with Crippen LogP contribution >= 0.6 is 11.6 Å². The predicted octanol–water partition coefficient (Wildman–Crippen LogP) is 3.96. The molecule has 0 aromatic carbocycles. The van der Waals surface area contributed by atoms with E-state index in [9.17, 15) is 0 Å². The van der Waals surface area contributed by atoms with Crippen LogP contribution in [-0.4, -0.2) is 14.8 Å². The minimum absolute atomic E-state index is 0.329. The summed E-state index contributed by atoms with van der Waals surface area (Å²) in [5.74, 6) is 0. The van der Waals surface area contributed by atoms with Gasteiger partial charge in [-0.3, -0.25) is 4.68 Å². The minimum Gasteiger partial charge on any atom is -0.268 e. The van der Waals surface area contributed by atoms with E-state index in [1.54, 1.807) is 6.20 Å². The molecule has 3 nitrogen and oxygen atoms in total. The summed E-state index contributed by atoms with van der Waals surface area (Å²) in [5.41, 5.74) is 2.72. The van der Waals surface area contributed by atoms with Crippen molar-refractivity contribution in [3.05, 3.63) is 47.0 Å². The number of hydrogen-bond acceptors (Lipinski definition) is 2. The maximum Gasteiger partial charge on any atom is 0.129 e. The lowest BCUT2D eigenvalue weighted by atomic mass is 9.84. The molecule has 19 heavy (non-hydrogen) atoms. The number of nitrogens with zero attached hydrogens (tertiary/aromatic N) is 3. The average Bonchev–Trinajstić information content (AvgIpc) is 2.79. The Hall–Kier alpha value is -1.35. The van der Waals surface area contributed by atoms with Gasteiger partial charge in [0.2, 0.25) is 0 Å². The van der Waals surface area contributed by atoms with Crippen LogP contribution in [0.2, 0.25) is 5.15 Å². The molecule has 0 atom stereocenters. The van der Waals surface area contributed by atoms with Crippen LogP contribution in [0.25, 0.3) is 0 Å².